The zero-order valence-corrected chi connectivity index (χ0v) is 49.6. The molecule has 0 unspecified atom stereocenters. The summed E-state index contributed by atoms with van der Waals surface area (Å²) in [4.78, 5) is 96.5. The summed E-state index contributed by atoms with van der Waals surface area (Å²) < 4.78 is 34.4. The minimum absolute atomic E-state index is 0.0130. The molecule has 15 heteroatoms. The quantitative estimate of drug-likeness (QED) is 0.0243. The van der Waals surface area contributed by atoms with E-state index in [9.17, 15) is 33.6 Å². The van der Waals surface area contributed by atoms with E-state index in [1.807, 2.05) is 0 Å². The number of ether oxygens (including phenoxy) is 6. The average Bonchev–Trinajstić information content (AvgIpc) is 3.61. The number of nitrogens with zero attached hydrogens (tertiary/aromatic N) is 2. The molecule has 0 saturated carbocycles. The maximum absolute atomic E-state index is 14.0. The van der Waals surface area contributed by atoms with Gasteiger partial charge in [-0.25, -0.2) is 4.79 Å². The smallest absolute Gasteiger partial charge is 0.409 e. The number of ketones is 1. The number of rotatable bonds is 50. The summed E-state index contributed by atoms with van der Waals surface area (Å²) >= 11 is 0. The summed E-state index contributed by atoms with van der Waals surface area (Å²) in [5.74, 6) is -3.90. The van der Waals surface area contributed by atoms with Crippen molar-refractivity contribution in [2.24, 2.45) is 17.8 Å². The van der Waals surface area contributed by atoms with E-state index in [1.165, 1.54) is 17.7 Å². The Bertz CT molecular complexity index is 1420. The first-order chi connectivity index (χ1) is 37.4. The lowest BCUT2D eigenvalue weighted by Crippen LogP contribution is -2.41. The Morgan fingerprint density at radius 1 is 0.429 bits per heavy atom. The molecular formula is C62H110N2O13. The Morgan fingerprint density at radius 2 is 0.805 bits per heavy atom. The van der Waals surface area contributed by atoms with E-state index in [-0.39, 0.29) is 121 Å². The molecule has 0 bridgehead atoms. The zero-order valence-electron chi connectivity index (χ0n) is 49.6. The van der Waals surface area contributed by atoms with Crippen molar-refractivity contribution in [3.8, 4) is 0 Å². The Morgan fingerprint density at radius 3 is 1.19 bits per heavy atom. The molecule has 0 aromatic carbocycles. The fraction of sp³-hybridized carbons (Fsp3) is 0.855. The van der Waals surface area contributed by atoms with E-state index in [2.05, 4.69) is 46.4 Å². The molecule has 0 aromatic rings. The average molecular weight is 1090 g/mol. The number of hydrogen-bond donors (Lipinski definition) is 0. The molecule has 1 aliphatic heterocycles. The van der Waals surface area contributed by atoms with Gasteiger partial charge in [0.25, 0.3) is 0 Å². The molecule has 446 valence electrons. The van der Waals surface area contributed by atoms with Crippen LogP contribution < -0.4 is 0 Å². The molecule has 0 N–H and O–H groups in total. The third-order valence-electron chi connectivity index (χ3n) is 14.0. The van der Waals surface area contributed by atoms with Gasteiger partial charge in [0, 0.05) is 69.4 Å². The maximum atomic E-state index is 14.0. The molecule has 2 atom stereocenters. The Kier molecular flexibility index (Phi) is 45.2. The number of unbranched alkanes of at least 4 members (excludes halogenated alkanes) is 20. The van der Waals surface area contributed by atoms with Crippen LogP contribution in [0.1, 0.15) is 253 Å². The highest BCUT2D eigenvalue weighted by Crippen LogP contribution is 2.22. The molecule has 15 nitrogen and oxygen atoms in total. The number of carbonyl (C=O) groups is 7. The van der Waals surface area contributed by atoms with Crippen molar-refractivity contribution in [1.82, 2.24) is 9.80 Å². The molecule has 1 heterocycles. The van der Waals surface area contributed by atoms with Crippen LogP contribution in [0.5, 0.6) is 0 Å². The second kappa shape index (κ2) is 49.1. The second-order valence-electron chi connectivity index (χ2n) is 21.7. The lowest BCUT2D eigenvalue weighted by atomic mass is 9.95. The zero-order chi connectivity index (χ0) is 56.6. The fourth-order valence-electron chi connectivity index (χ4n) is 9.47. The first-order valence-electron chi connectivity index (χ1n) is 31.0. The summed E-state index contributed by atoms with van der Waals surface area (Å²) in [5.41, 5.74) is 0. The molecule has 0 fully saturated rings. The van der Waals surface area contributed by atoms with Crippen molar-refractivity contribution in [1.29, 1.82) is 0 Å². The molecule has 0 aliphatic carbocycles. The Hall–Kier alpha value is -4.01. The monoisotopic (exact) mass is 1090 g/mol. The molecule has 77 heavy (non-hydrogen) atoms. The highest BCUT2D eigenvalue weighted by Gasteiger charge is 2.30. The van der Waals surface area contributed by atoms with Gasteiger partial charge in [-0.3, -0.25) is 33.7 Å². The van der Waals surface area contributed by atoms with Crippen molar-refractivity contribution in [3.63, 3.8) is 0 Å². The first-order valence-corrected chi connectivity index (χ1v) is 31.0. The fourth-order valence-corrected chi connectivity index (χ4v) is 9.47. The van der Waals surface area contributed by atoms with Gasteiger partial charge in [0.15, 0.2) is 0 Å². The second-order valence-corrected chi connectivity index (χ2v) is 21.7. The van der Waals surface area contributed by atoms with Crippen LogP contribution in [0, 0.1) is 17.8 Å². The van der Waals surface area contributed by atoms with Crippen LogP contribution in [0.2, 0.25) is 0 Å². The lowest BCUT2D eigenvalue weighted by Gasteiger charge is -2.27. The van der Waals surface area contributed by atoms with Crippen LogP contribution in [0.3, 0.4) is 0 Å². The summed E-state index contributed by atoms with van der Waals surface area (Å²) in [5, 5.41) is 0. The van der Waals surface area contributed by atoms with Crippen molar-refractivity contribution in [2.45, 2.75) is 260 Å². The van der Waals surface area contributed by atoms with E-state index in [4.69, 9.17) is 28.4 Å². The molecule has 0 aromatic heterocycles. The summed E-state index contributed by atoms with van der Waals surface area (Å²) in [6.45, 7) is 15.0. The van der Waals surface area contributed by atoms with Gasteiger partial charge in [0.2, 0.25) is 0 Å². The number of esters is 5. The van der Waals surface area contributed by atoms with Crippen LogP contribution in [-0.2, 0) is 57.2 Å². The molecular weight excluding hydrogens is 981 g/mol. The van der Waals surface area contributed by atoms with Gasteiger partial charge >= 0.3 is 35.9 Å². The molecule has 0 spiro atoms. The van der Waals surface area contributed by atoms with Crippen molar-refractivity contribution >= 4 is 41.7 Å². The normalized spacial score (nSPS) is 14.4. The van der Waals surface area contributed by atoms with Gasteiger partial charge in [0.1, 0.15) is 18.5 Å². The number of carbonyl (C=O) groups excluding carboxylic acids is 7. The van der Waals surface area contributed by atoms with E-state index in [0.29, 0.717) is 19.4 Å². The topological polar surface area (TPSA) is 181 Å². The largest absolute Gasteiger partial charge is 0.465 e. The van der Waals surface area contributed by atoms with Gasteiger partial charge in [-0.2, -0.15) is 0 Å². The van der Waals surface area contributed by atoms with Gasteiger partial charge in [-0.15, -0.1) is 0 Å². The molecule has 1 aliphatic rings. The third-order valence-corrected chi connectivity index (χ3v) is 14.0. The van der Waals surface area contributed by atoms with Crippen molar-refractivity contribution in [3.05, 3.63) is 12.2 Å². The number of hydrogen-bond acceptors (Lipinski definition) is 14. The van der Waals surface area contributed by atoms with E-state index in [0.717, 1.165) is 154 Å². The van der Waals surface area contributed by atoms with Crippen LogP contribution in [0.15, 0.2) is 12.2 Å². The standard InChI is InChI=1S/C62H110N2O13/c1-7-13-17-21-25-29-33-57(66)73-48-53(49-74-58(67)34-30-26-22-18-14-8-2)44-55(65)43-52-37-38-56(47-64(46-52)62(71)72-42-41-63(39-11-5)40-12-6)77-61(70)45-54(50-75-59(68)35-31-27-23-19-15-9-3)51-76-60(69)36-32-28-24-20-16-10-4/h37-38,52-54,56H,7-36,39-51H2,1-6H3/t52-,56+/m1/s1. The third kappa shape index (κ3) is 40.8. The minimum Gasteiger partial charge on any atom is -0.465 e. The molecule has 0 radical (unpaired) electrons. The Labute approximate surface area is 467 Å². The van der Waals surface area contributed by atoms with E-state index >= 15 is 0 Å². The molecule has 1 amide bonds. The van der Waals surface area contributed by atoms with Crippen molar-refractivity contribution in [2.75, 3.05) is 65.8 Å². The van der Waals surface area contributed by atoms with E-state index < -0.39 is 35.9 Å². The van der Waals surface area contributed by atoms with Crippen LogP contribution >= 0.6 is 0 Å². The predicted octanol–water partition coefficient (Wildman–Crippen LogP) is 13.8. The first kappa shape index (κ1) is 71.0. The SMILES string of the molecule is CCCCCCCCC(=O)OCC(COC(=O)CCCCCCCC)CC(=O)C[C@H]1C=C[C@H](OC(=O)CC(COC(=O)CCCCCCCC)COC(=O)CCCCCCCC)CN(C(=O)OCCN(CCC)CCC)C1. The van der Waals surface area contributed by atoms with Crippen LogP contribution in [0.4, 0.5) is 4.79 Å². The number of amides is 1. The summed E-state index contributed by atoms with van der Waals surface area (Å²) in [6.07, 6.45) is 29.4. The minimum atomic E-state index is -0.900. The van der Waals surface area contributed by atoms with Crippen LogP contribution in [-0.4, -0.2) is 123 Å². The highest BCUT2D eigenvalue weighted by atomic mass is 16.6. The summed E-state index contributed by atoms with van der Waals surface area (Å²) in [7, 11) is 0. The molecule has 0 saturated heterocycles. The Balaban J connectivity index is 3.23. The van der Waals surface area contributed by atoms with Gasteiger partial charge < -0.3 is 33.3 Å². The highest BCUT2D eigenvalue weighted by molar-refractivity contribution is 5.79. The predicted molar refractivity (Wildman–Crippen MR) is 304 cm³/mol. The van der Waals surface area contributed by atoms with Gasteiger partial charge in [0.05, 0.1) is 39.4 Å². The number of Topliss-reactive ketones (excluding diaryl/α,β-unsaturated/α-hetero) is 1. The van der Waals surface area contributed by atoms with E-state index in [1.54, 1.807) is 12.2 Å². The maximum Gasteiger partial charge on any atom is 0.409 e. The lowest BCUT2D eigenvalue weighted by molar-refractivity contribution is -0.156. The molecule has 1 rings (SSSR count). The van der Waals surface area contributed by atoms with Gasteiger partial charge in [-0.1, -0.05) is 176 Å². The van der Waals surface area contributed by atoms with Crippen LogP contribution in [0.25, 0.3) is 0 Å². The van der Waals surface area contributed by atoms with Crippen molar-refractivity contribution < 1.29 is 62.0 Å². The summed E-state index contributed by atoms with van der Waals surface area (Å²) in [6, 6.07) is 0. The van der Waals surface area contributed by atoms with Gasteiger partial charge in [-0.05, 0) is 57.7 Å².